The van der Waals surface area contributed by atoms with Crippen LogP contribution < -0.4 is 15.2 Å². The second kappa shape index (κ2) is 6.13. The van der Waals surface area contributed by atoms with Crippen molar-refractivity contribution in [2.45, 2.75) is 19.9 Å². The van der Waals surface area contributed by atoms with E-state index in [1.165, 1.54) is 5.56 Å². The molecular weight excluding hydrogens is 242 g/mol. The van der Waals surface area contributed by atoms with E-state index in [1.54, 1.807) is 24.2 Å². The van der Waals surface area contributed by atoms with Crippen LogP contribution in [-0.4, -0.2) is 23.5 Å². The van der Waals surface area contributed by atoms with E-state index in [-0.39, 0.29) is 0 Å². The van der Waals surface area contributed by atoms with Crippen LogP contribution in [0.4, 0.5) is 5.69 Å². The number of nitrogens with two attached hydrogens (primary N) is 1. The molecule has 0 aliphatic heterocycles. The molecule has 0 bridgehead atoms. The molecule has 0 atom stereocenters. The van der Waals surface area contributed by atoms with Crippen LogP contribution in [0.25, 0.3) is 0 Å². The Morgan fingerprint density at radius 1 is 1.32 bits per heavy atom. The molecule has 0 fully saturated rings. The monoisotopic (exact) mass is 261 g/mol. The fraction of sp³-hybridized carbons (Fsp3) is 0.357. The quantitative estimate of drug-likeness (QED) is 0.865. The van der Waals surface area contributed by atoms with Crippen LogP contribution in [0.1, 0.15) is 12.5 Å². The Balaban J connectivity index is 1.95. The topological polar surface area (TPSA) is 62.3 Å². The normalized spacial score (nSPS) is 10.4. The molecule has 2 aromatic rings. The molecule has 5 nitrogen and oxygen atoms in total. The maximum absolute atomic E-state index is 5.71. The summed E-state index contributed by atoms with van der Waals surface area (Å²) in [5, 5.41) is 4.10. The van der Waals surface area contributed by atoms with Gasteiger partial charge in [-0.3, -0.25) is 4.68 Å². The number of hydrogen-bond donors (Lipinski definition) is 1. The highest BCUT2D eigenvalue weighted by atomic mass is 16.5. The molecule has 1 aromatic carbocycles. The number of hydrogen-bond acceptors (Lipinski definition) is 4. The Labute approximate surface area is 112 Å². The van der Waals surface area contributed by atoms with Gasteiger partial charge in [-0.15, -0.1) is 0 Å². The van der Waals surface area contributed by atoms with E-state index in [1.807, 2.05) is 18.2 Å². The van der Waals surface area contributed by atoms with Crippen molar-refractivity contribution in [3.8, 4) is 11.5 Å². The lowest BCUT2D eigenvalue weighted by atomic mass is 10.1. The first-order valence-electron chi connectivity index (χ1n) is 6.30. The van der Waals surface area contributed by atoms with Crippen LogP contribution in [0.15, 0.2) is 30.6 Å². The van der Waals surface area contributed by atoms with Crippen molar-refractivity contribution in [3.63, 3.8) is 0 Å². The van der Waals surface area contributed by atoms with E-state index in [4.69, 9.17) is 15.2 Å². The van der Waals surface area contributed by atoms with E-state index < -0.39 is 0 Å². The van der Waals surface area contributed by atoms with E-state index in [0.29, 0.717) is 18.8 Å². The van der Waals surface area contributed by atoms with Gasteiger partial charge in [0.1, 0.15) is 6.61 Å². The zero-order valence-corrected chi connectivity index (χ0v) is 11.3. The third-order valence-corrected chi connectivity index (χ3v) is 2.87. The SMILES string of the molecule is CCc1ccc(OCCn2cc(N)cn2)c(OC)c1. The zero-order chi connectivity index (χ0) is 13.7. The van der Waals surface area contributed by atoms with Gasteiger partial charge in [-0.05, 0) is 24.1 Å². The molecule has 19 heavy (non-hydrogen) atoms. The first-order chi connectivity index (χ1) is 9.22. The molecule has 2 rings (SSSR count). The molecule has 2 N–H and O–H groups in total. The minimum Gasteiger partial charge on any atom is -0.493 e. The number of nitrogen functional groups attached to an aromatic ring is 1. The largest absolute Gasteiger partial charge is 0.493 e. The van der Waals surface area contributed by atoms with Crippen molar-refractivity contribution in [3.05, 3.63) is 36.2 Å². The van der Waals surface area contributed by atoms with Gasteiger partial charge in [0.15, 0.2) is 11.5 Å². The fourth-order valence-electron chi connectivity index (χ4n) is 1.80. The Morgan fingerprint density at radius 3 is 2.79 bits per heavy atom. The van der Waals surface area contributed by atoms with Gasteiger partial charge in [0.2, 0.25) is 0 Å². The molecule has 0 radical (unpaired) electrons. The third-order valence-electron chi connectivity index (χ3n) is 2.87. The molecule has 0 saturated heterocycles. The number of aryl methyl sites for hydroxylation is 1. The van der Waals surface area contributed by atoms with Crippen molar-refractivity contribution in [1.82, 2.24) is 9.78 Å². The van der Waals surface area contributed by atoms with Crippen LogP contribution >= 0.6 is 0 Å². The van der Waals surface area contributed by atoms with Crippen molar-refractivity contribution < 1.29 is 9.47 Å². The summed E-state index contributed by atoms with van der Waals surface area (Å²) >= 11 is 0. The second-order valence-corrected chi connectivity index (χ2v) is 4.22. The van der Waals surface area contributed by atoms with Gasteiger partial charge >= 0.3 is 0 Å². The summed E-state index contributed by atoms with van der Waals surface area (Å²) in [6, 6.07) is 5.99. The maximum Gasteiger partial charge on any atom is 0.161 e. The number of benzene rings is 1. The number of anilines is 1. The summed E-state index contributed by atoms with van der Waals surface area (Å²) in [7, 11) is 1.65. The number of aromatic nitrogens is 2. The van der Waals surface area contributed by atoms with Gasteiger partial charge in [-0.25, -0.2) is 0 Å². The first kappa shape index (κ1) is 13.3. The Kier molecular flexibility index (Phi) is 4.28. The highest BCUT2D eigenvalue weighted by molar-refractivity contribution is 5.42. The lowest BCUT2D eigenvalue weighted by Crippen LogP contribution is -2.09. The highest BCUT2D eigenvalue weighted by Crippen LogP contribution is 2.28. The van der Waals surface area contributed by atoms with Gasteiger partial charge < -0.3 is 15.2 Å². The summed E-state index contributed by atoms with van der Waals surface area (Å²) < 4.78 is 12.8. The minimum absolute atomic E-state index is 0.517. The van der Waals surface area contributed by atoms with Crippen LogP contribution in [0, 0.1) is 0 Å². The van der Waals surface area contributed by atoms with E-state index >= 15 is 0 Å². The number of nitrogens with zero attached hydrogens (tertiary/aromatic N) is 2. The van der Waals surface area contributed by atoms with Crippen LogP contribution in [-0.2, 0) is 13.0 Å². The number of methoxy groups -OCH3 is 1. The fourth-order valence-corrected chi connectivity index (χ4v) is 1.80. The highest BCUT2D eigenvalue weighted by Gasteiger charge is 2.05. The van der Waals surface area contributed by atoms with Gasteiger partial charge in [-0.1, -0.05) is 13.0 Å². The van der Waals surface area contributed by atoms with Crippen molar-refractivity contribution in [1.29, 1.82) is 0 Å². The summed E-state index contributed by atoms with van der Waals surface area (Å²) in [5.74, 6) is 1.51. The second-order valence-electron chi connectivity index (χ2n) is 4.22. The average molecular weight is 261 g/mol. The Bertz CT molecular complexity index is 537. The summed E-state index contributed by atoms with van der Waals surface area (Å²) in [6.45, 7) is 3.27. The predicted molar refractivity (Wildman–Crippen MR) is 74.5 cm³/mol. The smallest absolute Gasteiger partial charge is 0.161 e. The average Bonchev–Trinajstić information content (AvgIpc) is 2.84. The van der Waals surface area contributed by atoms with E-state index in [0.717, 1.165) is 17.9 Å². The lowest BCUT2D eigenvalue weighted by molar-refractivity contribution is 0.274. The van der Waals surface area contributed by atoms with Crippen molar-refractivity contribution >= 4 is 5.69 Å². The lowest BCUT2D eigenvalue weighted by Gasteiger charge is -2.11. The van der Waals surface area contributed by atoms with Crippen LogP contribution in [0.2, 0.25) is 0 Å². The predicted octanol–water partition coefficient (Wildman–Crippen LogP) is 2.12. The van der Waals surface area contributed by atoms with Crippen molar-refractivity contribution in [2.24, 2.45) is 0 Å². The molecule has 0 unspecified atom stereocenters. The first-order valence-corrected chi connectivity index (χ1v) is 6.30. The summed E-state index contributed by atoms with van der Waals surface area (Å²) in [5.41, 5.74) is 7.48. The molecule has 1 aromatic heterocycles. The standard InChI is InChI=1S/C14H19N3O2/c1-3-11-4-5-13(14(8-11)18-2)19-7-6-17-10-12(15)9-16-17/h4-5,8-10H,3,6-7,15H2,1-2H3. The number of rotatable bonds is 6. The Morgan fingerprint density at radius 2 is 2.16 bits per heavy atom. The van der Waals surface area contributed by atoms with E-state index in [2.05, 4.69) is 12.0 Å². The van der Waals surface area contributed by atoms with Gasteiger partial charge in [0.25, 0.3) is 0 Å². The molecule has 0 aliphatic rings. The molecule has 5 heteroatoms. The molecule has 0 spiro atoms. The van der Waals surface area contributed by atoms with Crippen molar-refractivity contribution in [2.75, 3.05) is 19.5 Å². The maximum atomic E-state index is 5.71. The van der Waals surface area contributed by atoms with Gasteiger partial charge in [0.05, 0.1) is 25.5 Å². The van der Waals surface area contributed by atoms with Crippen LogP contribution in [0.5, 0.6) is 11.5 Å². The molecule has 0 aliphatic carbocycles. The summed E-state index contributed by atoms with van der Waals surface area (Å²) in [4.78, 5) is 0. The minimum atomic E-state index is 0.517. The Hall–Kier alpha value is -2.17. The molecular formula is C14H19N3O2. The molecule has 0 saturated carbocycles. The molecule has 0 amide bonds. The molecule has 1 heterocycles. The molecule has 102 valence electrons. The van der Waals surface area contributed by atoms with Gasteiger partial charge in [-0.2, -0.15) is 5.10 Å². The van der Waals surface area contributed by atoms with E-state index in [9.17, 15) is 0 Å². The number of ether oxygens (including phenoxy) is 2. The van der Waals surface area contributed by atoms with Gasteiger partial charge in [0, 0.05) is 6.20 Å². The zero-order valence-electron chi connectivity index (χ0n) is 11.3. The third kappa shape index (κ3) is 3.40. The van der Waals surface area contributed by atoms with Crippen LogP contribution in [0.3, 0.4) is 0 Å². The summed E-state index contributed by atoms with van der Waals surface area (Å²) in [6.07, 6.45) is 4.38.